The van der Waals surface area contributed by atoms with Crippen LogP contribution in [0.4, 0.5) is 15.9 Å². The number of carboxylic acid groups (broad SMARTS) is 1. The van der Waals surface area contributed by atoms with E-state index >= 15 is 0 Å². The molecule has 0 saturated carbocycles. The molecule has 1 aromatic heterocycles. The number of fused-ring (bicyclic) bond motifs is 1. The van der Waals surface area contributed by atoms with E-state index in [1.54, 1.807) is 0 Å². The molecule has 0 aliphatic carbocycles. The number of pyridine rings is 1. The highest BCUT2D eigenvalue weighted by Crippen LogP contribution is 2.30. The molecular formula is C12H10FN3O4. The maximum Gasteiger partial charge on any atom is 0.305 e. The van der Waals surface area contributed by atoms with Crippen molar-refractivity contribution in [2.24, 2.45) is 0 Å². The zero-order valence-corrected chi connectivity index (χ0v) is 10.2. The van der Waals surface area contributed by atoms with Crippen LogP contribution in [0.1, 0.15) is 6.42 Å². The summed E-state index contributed by atoms with van der Waals surface area (Å²) in [6.45, 7) is 0.0890. The van der Waals surface area contributed by atoms with E-state index in [1.165, 1.54) is 12.3 Å². The van der Waals surface area contributed by atoms with Gasteiger partial charge in [-0.15, -0.1) is 0 Å². The average molecular weight is 279 g/mol. The van der Waals surface area contributed by atoms with Gasteiger partial charge in [0, 0.05) is 18.1 Å². The minimum absolute atomic E-state index is 0.0890. The van der Waals surface area contributed by atoms with E-state index in [1.807, 2.05) is 0 Å². The van der Waals surface area contributed by atoms with E-state index < -0.39 is 16.7 Å². The zero-order chi connectivity index (χ0) is 14.7. The van der Waals surface area contributed by atoms with E-state index in [0.717, 1.165) is 12.1 Å². The van der Waals surface area contributed by atoms with Gasteiger partial charge < -0.3 is 10.4 Å². The Hall–Kier alpha value is -2.77. The van der Waals surface area contributed by atoms with Gasteiger partial charge in [0.1, 0.15) is 11.6 Å². The summed E-state index contributed by atoms with van der Waals surface area (Å²) in [4.78, 5) is 24.6. The topological polar surface area (TPSA) is 105 Å². The molecule has 0 aliphatic rings. The molecule has 1 heterocycles. The molecule has 2 N–H and O–H groups in total. The fraction of sp³-hybridized carbons (Fsp3) is 0.167. The smallest absolute Gasteiger partial charge is 0.305 e. The second-order valence-electron chi connectivity index (χ2n) is 4.01. The molecule has 7 nitrogen and oxygen atoms in total. The number of nitrogens with zero attached hydrogens (tertiary/aromatic N) is 2. The van der Waals surface area contributed by atoms with Crippen molar-refractivity contribution >= 4 is 28.2 Å². The van der Waals surface area contributed by atoms with Crippen molar-refractivity contribution < 1.29 is 19.2 Å². The van der Waals surface area contributed by atoms with E-state index in [4.69, 9.17) is 5.11 Å². The van der Waals surface area contributed by atoms with Crippen molar-refractivity contribution in [1.29, 1.82) is 0 Å². The molecule has 8 heteroatoms. The first-order valence-electron chi connectivity index (χ1n) is 5.67. The molecule has 0 atom stereocenters. The number of benzene rings is 1. The number of nitrogens with one attached hydrogen (secondary N) is 1. The highest BCUT2D eigenvalue weighted by atomic mass is 19.1. The largest absolute Gasteiger partial charge is 0.481 e. The first kappa shape index (κ1) is 13.7. The van der Waals surface area contributed by atoms with Crippen LogP contribution in [0.25, 0.3) is 10.8 Å². The second-order valence-corrected chi connectivity index (χ2v) is 4.01. The molecule has 1 aromatic carbocycles. The minimum atomic E-state index is -0.991. The van der Waals surface area contributed by atoms with E-state index in [0.29, 0.717) is 0 Å². The summed E-state index contributed by atoms with van der Waals surface area (Å²) in [5.41, 5.74) is -0.358. The number of carbonyl (C=O) groups is 1. The molecule has 2 aromatic rings. The van der Waals surface area contributed by atoms with Crippen molar-refractivity contribution in [2.75, 3.05) is 11.9 Å². The van der Waals surface area contributed by atoms with Gasteiger partial charge >= 0.3 is 5.97 Å². The van der Waals surface area contributed by atoms with E-state index in [2.05, 4.69) is 10.3 Å². The fourth-order valence-electron chi connectivity index (χ4n) is 1.81. The maximum atomic E-state index is 13.4. The molecule has 0 fully saturated rings. The highest BCUT2D eigenvalue weighted by Gasteiger charge is 2.16. The van der Waals surface area contributed by atoms with Crippen molar-refractivity contribution in [2.45, 2.75) is 6.42 Å². The minimum Gasteiger partial charge on any atom is -0.481 e. The first-order chi connectivity index (χ1) is 9.49. The van der Waals surface area contributed by atoms with Crippen molar-refractivity contribution in [3.63, 3.8) is 0 Å². The van der Waals surface area contributed by atoms with Crippen LogP contribution in [0.2, 0.25) is 0 Å². The molecular weight excluding hydrogens is 269 g/mol. The van der Waals surface area contributed by atoms with Crippen LogP contribution in [0.3, 0.4) is 0 Å². The fourth-order valence-corrected chi connectivity index (χ4v) is 1.81. The Morgan fingerprint density at radius 1 is 1.45 bits per heavy atom. The molecule has 0 saturated heterocycles. The Morgan fingerprint density at radius 3 is 2.85 bits per heavy atom. The highest BCUT2D eigenvalue weighted by molar-refractivity contribution is 5.97. The molecule has 0 unspecified atom stereocenters. The molecule has 104 valence electrons. The maximum absolute atomic E-state index is 13.4. The number of rotatable bonds is 5. The number of non-ortho nitro benzene ring substituents is 1. The predicted octanol–water partition coefficient (Wildman–Crippen LogP) is 2.17. The summed E-state index contributed by atoms with van der Waals surface area (Å²) in [5, 5.41) is 22.7. The Bertz CT molecular complexity index is 690. The number of aromatic nitrogens is 1. The molecule has 0 radical (unpaired) electrons. The predicted molar refractivity (Wildman–Crippen MR) is 69.1 cm³/mol. The van der Waals surface area contributed by atoms with Gasteiger partial charge in [-0.3, -0.25) is 14.9 Å². The normalized spacial score (nSPS) is 10.4. The Balaban J connectivity index is 2.46. The van der Waals surface area contributed by atoms with Gasteiger partial charge in [-0.2, -0.15) is 0 Å². The Morgan fingerprint density at radius 2 is 2.20 bits per heavy atom. The third-order valence-corrected chi connectivity index (χ3v) is 2.65. The van der Waals surface area contributed by atoms with Gasteiger partial charge in [0.15, 0.2) is 0 Å². The molecule has 20 heavy (non-hydrogen) atoms. The third kappa shape index (κ3) is 2.79. The van der Waals surface area contributed by atoms with Gasteiger partial charge in [-0.25, -0.2) is 9.37 Å². The molecule has 0 amide bonds. The lowest BCUT2D eigenvalue weighted by Gasteiger charge is -2.08. The number of carboxylic acids is 1. The molecule has 0 aliphatic heterocycles. The Labute approximate surface area is 112 Å². The second kappa shape index (κ2) is 5.47. The standard InChI is InChI=1S/C12H10FN3O4/c13-7-5-9-8(10(6-7)16(19)20)1-3-14-12(9)15-4-2-11(17)18/h1,3,5-6H,2,4H2,(H,14,15)(H,17,18). The van der Waals surface area contributed by atoms with Gasteiger partial charge in [-0.05, 0) is 12.1 Å². The molecule has 2 rings (SSSR count). The Kier molecular flexibility index (Phi) is 3.74. The third-order valence-electron chi connectivity index (χ3n) is 2.65. The lowest BCUT2D eigenvalue weighted by atomic mass is 10.1. The quantitative estimate of drug-likeness (QED) is 0.641. The van der Waals surface area contributed by atoms with Gasteiger partial charge in [-0.1, -0.05) is 0 Å². The van der Waals surface area contributed by atoms with Crippen LogP contribution in [0, 0.1) is 15.9 Å². The monoisotopic (exact) mass is 279 g/mol. The lowest BCUT2D eigenvalue weighted by molar-refractivity contribution is -0.383. The summed E-state index contributed by atoms with van der Waals surface area (Å²) in [6.07, 6.45) is 1.20. The van der Waals surface area contributed by atoms with Gasteiger partial charge in [0.25, 0.3) is 5.69 Å². The van der Waals surface area contributed by atoms with Crippen LogP contribution in [0.15, 0.2) is 24.4 Å². The average Bonchev–Trinajstić information content (AvgIpc) is 2.37. The van der Waals surface area contributed by atoms with Crippen molar-refractivity contribution in [3.8, 4) is 0 Å². The summed E-state index contributed by atoms with van der Waals surface area (Å²) >= 11 is 0. The number of hydrogen-bond donors (Lipinski definition) is 2. The van der Waals surface area contributed by atoms with Crippen LogP contribution in [0.5, 0.6) is 0 Å². The number of hydrogen-bond acceptors (Lipinski definition) is 5. The number of halogens is 1. The van der Waals surface area contributed by atoms with Crippen LogP contribution >= 0.6 is 0 Å². The summed E-state index contributed by atoms with van der Waals surface area (Å²) in [7, 11) is 0. The summed E-state index contributed by atoms with van der Waals surface area (Å²) < 4.78 is 13.4. The summed E-state index contributed by atoms with van der Waals surface area (Å²) in [6, 6.07) is 3.37. The zero-order valence-electron chi connectivity index (χ0n) is 10.2. The van der Waals surface area contributed by atoms with Gasteiger partial charge in [0.05, 0.1) is 22.8 Å². The lowest BCUT2D eigenvalue weighted by Crippen LogP contribution is -2.09. The van der Waals surface area contributed by atoms with Crippen LogP contribution in [-0.2, 0) is 4.79 Å². The summed E-state index contributed by atoms with van der Waals surface area (Å²) in [5.74, 6) is -1.53. The molecule has 0 spiro atoms. The van der Waals surface area contributed by atoms with E-state index in [-0.39, 0.29) is 35.2 Å². The number of anilines is 1. The number of nitro benzene ring substituents is 1. The van der Waals surface area contributed by atoms with Gasteiger partial charge in [0.2, 0.25) is 0 Å². The SMILES string of the molecule is O=C(O)CCNc1nccc2c([N+](=O)[O-])cc(F)cc12. The van der Waals surface area contributed by atoms with Crippen molar-refractivity contribution in [1.82, 2.24) is 4.98 Å². The van der Waals surface area contributed by atoms with E-state index in [9.17, 15) is 19.3 Å². The first-order valence-corrected chi connectivity index (χ1v) is 5.67. The van der Waals surface area contributed by atoms with Crippen LogP contribution < -0.4 is 5.32 Å². The number of nitro groups is 1. The molecule has 0 bridgehead atoms. The van der Waals surface area contributed by atoms with Crippen LogP contribution in [-0.4, -0.2) is 27.5 Å². The number of aliphatic carboxylic acids is 1. The van der Waals surface area contributed by atoms with Crippen molar-refractivity contribution in [3.05, 3.63) is 40.3 Å².